The molecule has 10 heteroatoms. The SMILES string of the molecule is CC(C)C[C@H](CO)N1C(=O)[C@@H]2[C@H]3C(=O)OCCC/C=C\[C@@]3(C)S[C@@]23C=CCN(CCN2CCOCC2)C(=O)C13. The van der Waals surface area contributed by atoms with E-state index in [1.165, 1.54) is 0 Å². The number of hydrogen-bond donors (Lipinski definition) is 1. The maximum atomic E-state index is 14.5. The number of aliphatic hydroxyl groups is 1. The van der Waals surface area contributed by atoms with Gasteiger partial charge in [-0.15, -0.1) is 11.8 Å². The number of fused-ring (bicyclic) bond motifs is 2. The number of ether oxygens (including phenoxy) is 2. The Kier molecular flexibility index (Phi) is 8.48. The predicted molar refractivity (Wildman–Crippen MR) is 149 cm³/mol. The molecule has 1 spiro atoms. The summed E-state index contributed by atoms with van der Waals surface area (Å²) in [5.74, 6) is -1.94. The first kappa shape index (κ1) is 28.6. The van der Waals surface area contributed by atoms with Crippen molar-refractivity contribution in [3.63, 3.8) is 0 Å². The van der Waals surface area contributed by atoms with E-state index in [1.807, 2.05) is 24.0 Å². The second-order valence-electron chi connectivity index (χ2n) is 12.1. The van der Waals surface area contributed by atoms with Crippen LogP contribution in [0.1, 0.15) is 40.0 Å². The number of likely N-dealkylation sites (tertiary alicyclic amines) is 1. The van der Waals surface area contributed by atoms with Crippen LogP contribution in [0.3, 0.4) is 0 Å². The number of thioether (sulfide) groups is 1. The summed E-state index contributed by atoms with van der Waals surface area (Å²) in [6, 6.07) is -1.30. The lowest BCUT2D eigenvalue weighted by atomic mass is 9.74. The van der Waals surface area contributed by atoms with Crippen LogP contribution in [-0.2, 0) is 23.9 Å². The summed E-state index contributed by atoms with van der Waals surface area (Å²) >= 11 is 1.56. The van der Waals surface area contributed by atoms with Crippen molar-refractivity contribution in [3.8, 4) is 0 Å². The summed E-state index contributed by atoms with van der Waals surface area (Å²) in [7, 11) is 0. The smallest absolute Gasteiger partial charge is 0.311 e. The van der Waals surface area contributed by atoms with Gasteiger partial charge in [0, 0.05) is 37.5 Å². The standard InChI is InChI=1S/C29H43N3O6S/c1-20(2)18-21(19-33)32-24-26(35)31(12-11-30-13-16-37-17-14-30)10-7-9-29(24)22(25(32)34)23-27(36)38-15-6-4-5-8-28(23,3)39-29/h5,7-9,20-24,33H,4,6,10-19H2,1-3H3/b8-5-/t21-,22+,23+,24?,28-,29+/m1/s1. The van der Waals surface area contributed by atoms with Crippen molar-refractivity contribution in [1.29, 1.82) is 0 Å². The first-order valence-electron chi connectivity index (χ1n) is 14.5. The van der Waals surface area contributed by atoms with Crippen molar-refractivity contribution in [1.82, 2.24) is 14.7 Å². The fraction of sp³-hybridized carbons (Fsp3) is 0.759. The van der Waals surface area contributed by atoms with Gasteiger partial charge in [0.1, 0.15) is 6.04 Å². The highest BCUT2D eigenvalue weighted by molar-refractivity contribution is 8.02. The average molecular weight is 562 g/mol. The zero-order valence-corrected chi connectivity index (χ0v) is 24.2. The van der Waals surface area contributed by atoms with Crippen LogP contribution in [0.2, 0.25) is 0 Å². The molecule has 0 aromatic carbocycles. The molecule has 0 aliphatic carbocycles. The van der Waals surface area contributed by atoms with E-state index in [1.54, 1.807) is 16.7 Å². The van der Waals surface area contributed by atoms with Gasteiger partial charge < -0.3 is 24.4 Å². The van der Waals surface area contributed by atoms with E-state index < -0.39 is 33.4 Å². The van der Waals surface area contributed by atoms with E-state index in [0.717, 1.165) is 32.5 Å². The van der Waals surface area contributed by atoms with Crippen LogP contribution in [0.5, 0.6) is 0 Å². The van der Waals surface area contributed by atoms with Crippen LogP contribution >= 0.6 is 11.8 Å². The number of morpholine rings is 1. The van der Waals surface area contributed by atoms with Crippen molar-refractivity contribution in [3.05, 3.63) is 24.3 Å². The number of allylic oxidation sites excluding steroid dienone is 1. The Bertz CT molecular complexity index is 1010. The highest BCUT2D eigenvalue weighted by Crippen LogP contribution is 2.65. The van der Waals surface area contributed by atoms with Gasteiger partial charge >= 0.3 is 5.97 Å². The molecule has 0 saturated carbocycles. The van der Waals surface area contributed by atoms with Gasteiger partial charge in [0.05, 0.1) is 49.1 Å². The topological polar surface area (TPSA) is 99.6 Å². The number of hydrogen-bond acceptors (Lipinski definition) is 8. The number of esters is 1. The molecule has 1 N–H and O–H groups in total. The lowest BCUT2D eigenvalue weighted by Crippen LogP contribution is -2.57. The molecule has 5 aliphatic rings. The molecule has 0 radical (unpaired) electrons. The number of carbonyl (C=O) groups excluding carboxylic acids is 3. The number of cyclic esters (lactones) is 1. The summed E-state index contributed by atoms with van der Waals surface area (Å²) in [6.07, 6.45) is 10.3. The van der Waals surface area contributed by atoms with E-state index in [4.69, 9.17) is 9.47 Å². The highest BCUT2D eigenvalue weighted by Gasteiger charge is 2.74. The quantitative estimate of drug-likeness (QED) is 0.371. The largest absolute Gasteiger partial charge is 0.465 e. The van der Waals surface area contributed by atoms with Crippen LogP contribution in [0.25, 0.3) is 0 Å². The first-order chi connectivity index (χ1) is 18.7. The van der Waals surface area contributed by atoms with Crippen molar-refractivity contribution >= 4 is 29.5 Å². The van der Waals surface area contributed by atoms with Gasteiger partial charge in [0.15, 0.2) is 0 Å². The first-order valence-corrected chi connectivity index (χ1v) is 15.3. The molecule has 5 heterocycles. The lowest BCUT2D eigenvalue weighted by molar-refractivity contribution is -0.154. The molecule has 1 unspecified atom stereocenters. The molecule has 9 nitrogen and oxygen atoms in total. The van der Waals surface area contributed by atoms with Gasteiger partial charge in [-0.3, -0.25) is 19.3 Å². The van der Waals surface area contributed by atoms with Crippen LogP contribution in [0.15, 0.2) is 24.3 Å². The minimum Gasteiger partial charge on any atom is -0.465 e. The summed E-state index contributed by atoms with van der Waals surface area (Å²) in [4.78, 5) is 48.3. The van der Waals surface area contributed by atoms with Gasteiger partial charge in [-0.2, -0.15) is 0 Å². The van der Waals surface area contributed by atoms with E-state index in [0.29, 0.717) is 39.3 Å². The second-order valence-corrected chi connectivity index (χ2v) is 13.9. The molecule has 2 amide bonds. The molecule has 0 aromatic rings. The molecule has 5 rings (SSSR count). The Morgan fingerprint density at radius 3 is 2.54 bits per heavy atom. The number of carbonyl (C=O) groups is 3. The van der Waals surface area contributed by atoms with E-state index >= 15 is 0 Å². The number of aliphatic hydroxyl groups excluding tert-OH is 1. The van der Waals surface area contributed by atoms with Gasteiger partial charge in [-0.25, -0.2) is 0 Å². The van der Waals surface area contributed by atoms with Gasteiger partial charge in [-0.1, -0.05) is 38.2 Å². The third kappa shape index (κ3) is 5.18. The molecule has 39 heavy (non-hydrogen) atoms. The second kappa shape index (κ2) is 11.5. The lowest BCUT2D eigenvalue weighted by Gasteiger charge is -2.40. The Hall–Kier alpha value is -1.88. The fourth-order valence-corrected chi connectivity index (χ4v) is 9.26. The van der Waals surface area contributed by atoms with Crippen molar-refractivity contribution in [2.75, 3.05) is 59.2 Å². The Balaban J connectivity index is 1.55. The molecule has 0 aromatic heterocycles. The van der Waals surface area contributed by atoms with Crippen LogP contribution in [0.4, 0.5) is 0 Å². The number of nitrogens with zero attached hydrogens (tertiary/aromatic N) is 3. The van der Waals surface area contributed by atoms with Crippen LogP contribution in [-0.4, -0.2) is 118 Å². The third-order valence-corrected chi connectivity index (χ3v) is 10.7. The predicted octanol–water partition coefficient (Wildman–Crippen LogP) is 1.70. The minimum atomic E-state index is -0.922. The molecule has 0 bridgehead atoms. The molecule has 3 fully saturated rings. The normalized spacial score (nSPS) is 36.9. The average Bonchev–Trinajstić information content (AvgIpc) is 3.27. The van der Waals surface area contributed by atoms with Gasteiger partial charge in [-0.05, 0) is 32.1 Å². The zero-order chi connectivity index (χ0) is 27.8. The van der Waals surface area contributed by atoms with Crippen LogP contribution < -0.4 is 0 Å². The zero-order valence-electron chi connectivity index (χ0n) is 23.4. The fourth-order valence-electron chi connectivity index (χ4n) is 7.12. The van der Waals surface area contributed by atoms with Gasteiger partial charge in [0.25, 0.3) is 0 Å². The van der Waals surface area contributed by atoms with Crippen molar-refractivity contribution in [2.24, 2.45) is 17.8 Å². The van der Waals surface area contributed by atoms with E-state index in [2.05, 4.69) is 30.9 Å². The Labute approximate surface area is 235 Å². The number of rotatable bonds is 7. The molecule has 5 aliphatic heterocycles. The Morgan fingerprint density at radius 1 is 1.05 bits per heavy atom. The third-order valence-electron chi connectivity index (χ3n) is 8.91. The summed E-state index contributed by atoms with van der Waals surface area (Å²) < 4.78 is 9.56. The van der Waals surface area contributed by atoms with Crippen molar-refractivity contribution < 1.29 is 29.0 Å². The maximum Gasteiger partial charge on any atom is 0.311 e. The monoisotopic (exact) mass is 561 g/mol. The molecular formula is C29H43N3O6S. The summed E-state index contributed by atoms with van der Waals surface area (Å²) in [5.41, 5.74) is 0. The molecule has 216 valence electrons. The van der Waals surface area contributed by atoms with E-state index in [-0.39, 0.29) is 30.3 Å². The maximum absolute atomic E-state index is 14.5. The summed E-state index contributed by atoms with van der Waals surface area (Å²) in [6.45, 7) is 11.0. The van der Waals surface area contributed by atoms with Crippen LogP contribution in [0, 0.1) is 17.8 Å². The Morgan fingerprint density at radius 2 is 1.82 bits per heavy atom. The molecule has 6 atom stereocenters. The highest BCUT2D eigenvalue weighted by atomic mass is 32.2. The molecule has 3 saturated heterocycles. The number of amides is 2. The van der Waals surface area contributed by atoms with E-state index in [9.17, 15) is 19.5 Å². The van der Waals surface area contributed by atoms with Crippen molar-refractivity contribution in [2.45, 2.75) is 61.6 Å². The minimum absolute atomic E-state index is 0.105. The molecular weight excluding hydrogens is 518 g/mol. The van der Waals surface area contributed by atoms with Gasteiger partial charge in [0.2, 0.25) is 11.8 Å². The summed E-state index contributed by atoms with van der Waals surface area (Å²) in [5, 5.41) is 10.5.